The Morgan fingerprint density at radius 1 is 1.03 bits per heavy atom. The van der Waals surface area contributed by atoms with Gasteiger partial charge in [0, 0.05) is 50.0 Å². The van der Waals surface area contributed by atoms with Crippen LogP contribution in [-0.2, 0) is 9.59 Å². The molecule has 2 aliphatic heterocycles. The van der Waals surface area contributed by atoms with E-state index in [4.69, 9.17) is 0 Å². The Morgan fingerprint density at radius 3 is 2.38 bits per heavy atom. The molecule has 0 saturated carbocycles. The summed E-state index contributed by atoms with van der Waals surface area (Å²) in [6, 6.07) is 11.1. The third-order valence-electron chi connectivity index (χ3n) is 6.48. The van der Waals surface area contributed by atoms with Crippen molar-refractivity contribution in [1.82, 2.24) is 9.80 Å². The molecule has 0 aromatic heterocycles. The molecule has 34 heavy (non-hydrogen) atoms. The molecule has 180 valence electrons. The Labute approximate surface area is 197 Å². The highest BCUT2D eigenvalue weighted by Gasteiger charge is 2.31. The molecular weight excluding hydrogens is 439 g/mol. The average molecular weight is 469 g/mol. The van der Waals surface area contributed by atoms with Gasteiger partial charge in [-0.15, -0.1) is 0 Å². The number of anilines is 2. The van der Waals surface area contributed by atoms with Gasteiger partial charge in [-0.05, 0) is 56.3 Å². The molecule has 2 heterocycles. The minimum absolute atomic E-state index is 0.0335. The predicted octanol–water partition coefficient (Wildman–Crippen LogP) is 2.34. The Hall–Kier alpha value is -3.46. The van der Waals surface area contributed by atoms with Gasteiger partial charge in [-0.3, -0.25) is 19.3 Å². The zero-order valence-corrected chi connectivity index (χ0v) is 19.2. The van der Waals surface area contributed by atoms with Crippen LogP contribution in [0, 0.1) is 11.7 Å². The highest BCUT2D eigenvalue weighted by Crippen LogP contribution is 2.23. The van der Waals surface area contributed by atoms with Crippen molar-refractivity contribution in [3.8, 4) is 5.75 Å². The fourth-order valence-electron chi connectivity index (χ4n) is 4.44. The van der Waals surface area contributed by atoms with E-state index in [2.05, 4.69) is 10.2 Å². The Balaban J connectivity index is 1.23. The van der Waals surface area contributed by atoms with Crippen molar-refractivity contribution in [1.29, 1.82) is 0 Å². The lowest BCUT2D eigenvalue weighted by atomic mass is 10.1. The van der Waals surface area contributed by atoms with E-state index in [0.29, 0.717) is 51.3 Å². The summed E-state index contributed by atoms with van der Waals surface area (Å²) in [5.74, 6) is -1.42. The second-order valence-electron chi connectivity index (χ2n) is 8.85. The number of amides is 2. The quantitative estimate of drug-likeness (QED) is 0.500. The van der Waals surface area contributed by atoms with Crippen LogP contribution >= 0.6 is 0 Å². The van der Waals surface area contributed by atoms with E-state index < -0.39 is 5.82 Å². The maximum absolute atomic E-state index is 13.9. The number of carbonyl (C=O) groups excluding carboxylic acids is 3. The lowest BCUT2D eigenvalue weighted by Crippen LogP contribution is -2.51. The largest absolute Gasteiger partial charge is 0.508 e. The zero-order valence-electron chi connectivity index (χ0n) is 19.2. The molecule has 2 aromatic rings. The van der Waals surface area contributed by atoms with Crippen molar-refractivity contribution < 1.29 is 23.9 Å². The number of piperazine rings is 1. The number of nitrogens with zero attached hydrogens (tertiary/aromatic N) is 3. The molecule has 8 nitrogen and oxygen atoms in total. The third kappa shape index (κ3) is 5.53. The lowest BCUT2D eigenvalue weighted by molar-refractivity contribution is -0.132. The van der Waals surface area contributed by atoms with Crippen molar-refractivity contribution >= 4 is 29.0 Å². The van der Waals surface area contributed by atoms with E-state index >= 15 is 0 Å². The first-order valence-electron chi connectivity index (χ1n) is 11.5. The number of nitrogens with one attached hydrogen (secondary N) is 1. The molecule has 2 fully saturated rings. The van der Waals surface area contributed by atoms with Crippen molar-refractivity contribution in [3.05, 3.63) is 53.8 Å². The van der Waals surface area contributed by atoms with Crippen LogP contribution in [0.25, 0.3) is 0 Å². The van der Waals surface area contributed by atoms with E-state index in [-0.39, 0.29) is 41.5 Å². The number of hydrogen-bond acceptors (Lipinski definition) is 6. The number of halogens is 1. The van der Waals surface area contributed by atoms with Gasteiger partial charge in [0.05, 0.1) is 18.2 Å². The number of hydrogen-bond donors (Lipinski definition) is 2. The first kappa shape index (κ1) is 23.7. The fourth-order valence-corrected chi connectivity index (χ4v) is 4.44. The molecule has 2 N–H and O–H groups in total. The van der Waals surface area contributed by atoms with E-state index in [1.165, 1.54) is 12.1 Å². The van der Waals surface area contributed by atoms with Crippen LogP contribution < -0.4 is 10.2 Å². The SMILES string of the molecule is CC(=O)c1ccc(N2CCN(C(=O)CN3CC[C@H](C(=O)Nc4ccc(O)cc4F)C3)CC2)cc1. The monoisotopic (exact) mass is 468 g/mol. The molecule has 2 aromatic carbocycles. The number of likely N-dealkylation sites (tertiary alicyclic amines) is 1. The normalized spacial score (nSPS) is 18.7. The molecule has 2 amide bonds. The molecule has 0 bridgehead atoms. The molecule has 2 aliphatic rings. The van der Waals surface area contributed by atoms with Crippen LogP contribution in [0.1, 0.15) is 23.7 Å². The number of phenols is 1. The maximum Gasteiger partial charge on any atom is 0.236 e. The summed E-state index contributed by atoms with van der Waals surface area (Å²) in [6.45, 7) is 5.54. The number of rotatable bonds is 6. The summed E-state index contributed by atoms with van der Waals surface area (Å²) < 4.78 is 13.9. The van der Waals surface area contributed by atoms with Gasteiger partial charge in [0.25, 0.3) is 0 Å². The smallest absolute Gasteiger partial charge is 0.236 e. The van der Waals surface area contributed by atoms with Gasteiger partial charge in [0.15, 0.2) is 5.78 Å². The zero-order chi connectivity index (χ0) is 24.2. The van der Waals surface area contributed by atoms with Gasteiger partial charge in [-0.1, -0.05) is 0 Å². The molecule has 1 atom stereocenters. The fraction of sp³-hybridized carbons (Fsp3) is 0.400. The van der Waals surface area contributed by atoms with Gasteiger partial charge >= 0.3 is 0 Å². The van der Waals surface area contributed by atoms with Gasteiger partial charge in [-0.2, -0.15) is 0 Å². The highest BCUT2D eigenvalue weighted by molar-refractivity contribution is 5.94. The number of ketones is 1. The van der Waals surface area contributed by atoms with Crippen LogP contribution in [0.5, 0.6) is 5.75 Å². The second kappa shape index (κ2) is 10.2. The summed E-state index contributed by atoms with van der Waals surface area (Å²) in [7, 11) is 0. The van der Waals surface area contributed by atoms with Crippen molar-refractivity contribution in [3.63, 3.8) is 0 Å². The molecule has 4 rings (SSSR count). The second-order valence-corrected chi connectivity index (χ2v) is 8.85. The van der Waals surface area contributed by atoms with E-state index in [0.717, 1.165) is 11.8 Å². The van der Waals surface area contributed by atoms with Crippen LogP contribution in [0.15, 0.2) is 42.5 Å². The molecule has 0 radical (unpaired) electrons. The number of benzene rings is 2. The first-order valence-corrected chi connectivity index (χ1v) is 11.5. The number of phenolic OH excluding ortho intramolecular Hbond substituents is 1. The maximum atomic E-state index is 13.9. The van der Waals surface area contributed by atoms with Gasteiger partial charge in [-0.25, -0.2) is 4.39 Å². The van der Waals surface area contributed by atoms with Crippen LogP contribution in [0.4, 0.5) is 15.8 Å². The number of Topliss-reactive ketones (excluding diaryl/α,β-unsaturated/α-hetero) is 1. The third-order valence-corrected chi connectivity index (χ3v) is 6.48. The average Bonchev–Trinajstić information content (AvgIpc) is 3.29. The van der Waals surface area contributed by atoms with E-state index in [1.807, 2.05) is 34.1 Å². The number of aromatic hydroxyl groups is 1. The van der Waals surface area contributed by atoms with Gasteiger partial charge in [0.1, 0.15) is 11.6 Å². The van der Waals surface area contributed by atoms with E-state index in [9.17, 15) is 23.9 Å². The van der Waals surface area contributed by atoms with Crippen molar-refractivity contribution in [2.45, 2.75) is 13.3 Å². The standard InChI is InChI=1S/C25H29FN4O4/c1-17(31)18-2-4-20(5-3-18)29-10-12-30(13-11-29)24(33)16-28-9-8-19(15-28)25(34)27-23-7-6-21(32)14-22(23)26/h2-7,14,19,32H,8-13,15-16H2,1H3,(H,27,34)/t19-/m0/s1. The van der Waals surface area contributed by atoms with Crippen molar-refractivity contribution in [2.75, 3.05) is 56.0 Å². The molecule has 2 saturated heterocycles. The minimum Gasteiger partial charge on any atom is -0.508 e. The summed E-state index contributed by atoms with van der Waals surface area (Å²) in [4.78, 5) is 42.8. The Kier molecular flexibility index (Phi) is 7.12. The molecule has 0 unspecified atom stereocenters. The highest BCUT2D eigenvalue weighted by atomic mass is 19.1. The molecular formula is C25H29FN4O4. The predicted molar refractivity (Wildman–Crippen MR) is 126 cm³/mol. The summed E-state index contributed by atoms with van der Waals surface area (Å²) >= 11 is 0. The van der Waals surface area contributed by atoms with E-state index in [1.54, 1.807) is 6.92 Å². The topological polar surface area (TPSA) is 93.2 Å². The van der Waals surface area contributed by atoms with Gasteiger partial charge in [0.2, 0.25) is 11.8 Å². The molecule has 9 heteroatoms. The van der Waals surface area contributed by atoms with Crippen LogP contribution in [0.2, 0.25) is 0 Å². The van der Waals surface area contributed by atoms with Gasteiger partial charge < -0.3 is 20.2 Å². The summed E-state index contributed by atoms with van der Waals surface area (Å²) in [5, 5.41) is 11.9. The number of carbonyl (C=O) groups is 3. The summed E-state index contributed by atoms with van der Waals surface area (Å²) in [5.41, 5.74) is 1.75. The van der Waals surface area contributed by atoms with Crippen LogP contribution in [0.3, 0.4) is 0 Å². The summed E-state index contributed by atoms with van der Waals surface area (Å²) in [6.07, 6.45) is 0.600. The molecule has 0 spiro atoms. The Morgan fingerprint density at radius 2 is 1.74 bits per heavy atom. The minimum atomic E-state index is -0.688. The van der Waals surface area contributed by atoms with Crippen LogP contribution in [-0.4, -0.2) is 78.3 Å². The van der Waals surface area contributed by atoms with Crippen molar-refractivity contribution in [2.24, 2.45) is 5.92 Å². The Bertz CT molecular complexity index is 1070. The molecule has 0 aliphatic carbocycles. The lowest BCUT2D eigenvalue weighted by Gasteiger charge is -2.36. The first-order chi connectivity index (χ1) is 16.3.